The third-order valence-corrected chi connectivity index (χ3v) is 6.55. The number of carbonyl (C=O) groups excluding carboxylic acids is 1. The minimum absolute atomic E-state index is 0.267. The number of esters is 1. The molecule has 0 atom stereocenters. The second-order valence-corrected chi connectivity index (χ2v) is 9.52. The average Bonchev–Trinajstić information content (AvgIpc) is 3.60. The molecule has 6 aromatic rings. The van der Waals surface area contributed by atoms with E-state index >= 15 is 0 Å². The first-order valence-electron chi connectivity index (χ1n) is 12.1. The number of halogens is 1. The minimum atomic E-state index is -0.376. The Balaban J connectivity index is 1.37. The summed E-state index contributed by atoms with van der Waals surface area (Å²) < 4.78 is 19.1. The molecule has 0 N–H and O–H groups in total. The number of carbonyl (C=O) groups is 1. The molecule has 8 nitrogen and oxygen atoms in total. The number of hydrogen-bond acceptors (Lipinski definition) is 7. The van der Waals surface area contributed by atoms with Crippen LogP contribution in [0.5, 0.6) is 0 Å². The molecule has 0 aliphatic carbocycles. The number of benzene rings is 3. The molecule has 0 radical (unpaired) electrons. The van der Waals surface area contributed by atoms with Gasteiger partial charge in [-0.05, 0) is 67.6 Å². The van der Waals surface area contributed by atoms with Gasteiger partial charge in [0.05, 0.1) is 29.3 Å². The van der Waals surface area contributed by atoms with Gasteiger partial charge in [0, 0.05) is 15.4 Å². The number of fused-ring (bicyclic) bond motifs is 2. The molecule has 3 aromatic carbocycles. The van der Waals surface area contributed by atoms with Crippen molar-refractivity contribution in [2.24, 2.45) is 5.10 Å². The van der Waals surface area contributed by atoms with Crippen molar-refractivity contribution in [3.05, 3.63) is 111 Å². The summed E-state index contributed by atoms with van der Waals surface area (Å²) in [6, 6.07) is 25.0. The Kier molecular flexibility index (Phi) is 6.42. The largest absolute Gasteiger partial charge is 0.462 e. The first-order chi connectivity index (χ1) is 19.0. The minimum Gasteiger partial charge on any atom is -0.462 e. The van der Waals surface area contributed by atoms with E-state index < -0.39 is 0 Å². The van der Waals surface area contributed by atoms with Gasteiger partial charge in [0.1, 0.15) is 17.1 Å². The van der Waals surface area contributed by atoms with Gasteiger partial charge in [-0.1, -0.05) is 40.2 Å². The maximum absolute atomic E-state index is 13.5. The molecular weight excluding hydrogens is 562 g/mol. The average molecular weight is 582 g/mol. The number of nitrogens with zero attached hydrogens (tertiary/aromatic N) is 3. The lowest BCUT2D eigenvalue weighted by Gasteiger charge is -2.06. The van der Waals surface area contributed by atoms with E-state index in [1.807, 2.05) is 30.3 Å². The SMILES string of the molecule is CCOC(=O)c1ccc(-c2ccc(C=Nn3c(-c4cc5cc(Br)ccc5o4)nc4ccccc4c3=O)o2)cc1. The second-order valence-electron chi connectivity index (χ2n) is 8.61. The lowest BCUT2D eigenvalue weighted by Crippen LogP contribution is -2.20. The number of hydrogen-bond donors (Lipinski definition) is 0. The van der Waals surface area contributed by atoms with Crippen LogP contribution in [0.25, 0.3) is 44.8 Å². The van der Waals surface area contributed by atoms with E-state index in [0.29, 0.717) is 45.9 Å². The van der Waals surface area contributed by atoms with Crippen molar-refractivity contribution < 1.29 is 18.4 Å². The maximum atomic E-state index is 13.5. The molecule has 3 heterocycles. The normalized spacial score (nSPS) is 11.5. The highest BCUT2D eigenvalue weighted by Crippen LogP contribution is 2.29. The molecule has 0 unspecified atom stereocenters. The van der Waals surface area contributed by atoms with Crippen molar-refractivity contribution in [2.45, 2.75) is 6.92 Å². The Bertz CT molecular complexity index is 1930. The molecular formula is C30H20BrN3O5. The van der Waals surface area contributed by atoms with Crippen LogP contribution in [0.1, 0.15) is 23.0 Å². The molecule has 0 amide bonds. The van der Waals surface area contributed by atoms with Crippen molar-refractivity contribution in [1.29, 1.82) is 0 Å². The van der Waals surface area contributed by atoms with Gasteiger partial charge < -0.3 is 13.6 Å². The summed E-state index contributed by atoms with van der Waals surface area (Å²) in [7, 11) is 0. The fourth-order valence-electron chi connectivity index (χ4n) is 4.19. The Morgan fingerprint density at radius 1 is 1.00 bits per heavy atom. The van der Waals surface area contributed by atoms with Crippen molar-refractivity contribution in [1.82, 2.24) is 9.66 Å². The fraction of sp³-hybridized carbons (Fsp3) is 0.0667. The van der Waals surface area contributed by atoms with Gasteiger partial charge in [-0.25, -0.2) is 9.78 Å². The first-order valence-corrected chi connectivity index (χ1v) is 12.9. The predicted octanol–water partition coefficient (Wildman–Crippen LogP) is 6.89. The van der Waals surface area contributed by atoms with Crippen molar-refractivity contribution in [2.75, 3.05) is 6.61 Å². The van der Waals surface area contributed by atoms with Gasteiger partial charge in [-0.15, -0.1) is 0 Å². The highest BCUT2D eigenvalue weighted by atomic mass is 79.9. The zero-order valence-corrected chi connectivity index (χ0v) is 22.2. The van der Waals surface area contributed by atoms with Crippen molar-refractivity contribution in [3.8, 4) is 22.9 Å². The molecule has 192 valence electrons. The fourth-order valence-corrected chi connectivity index (χ4v) is 4.57. The summed E-state index contributed by atoms with van der Waals surface area (Å²) in [6.45, 7) is 2.08. The zero-order chi connectivity index (χ0) is 26.9. The quantitative estimate of drug-likeness (QED) is 0.157. The lowest BCUT2D eigenvalue weighted by molar-refractivity contribution is 0.0526. The summed E-state index contributed by atoms with van der Waals surface area (Å²) in [6.07, 6.45) is 1.46. The molecule has 0 aliphatic rings. The van der Waals surface area contributed by atoms with Gasteiger partial charge in [-0.3, -0.25) is 4.79 Å². The van der Waals surface area contributed by atoms with Crippen LogP contribution in [-0.2, 0) is 4.74 Å². The number of para-hydroxylation sites is 1. The number of ether oxygens (including phenoxy) is 1. The lowest BCUT2D eigenvalue weighted by atomic mass is 10.1. The van der Waals surface area contributed by atoms with Gasteiger partial charge in [0.25, 0.3) is 5.56 Å². The van der Waals surface area contributed by atoms with Crippen LogP contribution in [-0.4, -0.2) is 28.5 Å². The summed E-state index contributed by atoms with van der Waals surface area (Å²) in [4.78, 5) is 30.1. The van der Waals surface area contributed by atoms with E-state index in [-0.39, 0.29) is 17.4 Å². The zero-order valence-electron chi connectivity index (χ0n) is 20.6. The Morgan fingerprint density at radius 3 is 2.64 bits per heavy atom. The van der Waals surface area contributed by atoms with E-state index in [9.17, 15) is 9.59 Å². The van der Waals surface area contributed by atoms with Crippen LogP contribution in [0.3, 0.4) is 0 Å². The molecule has 0 spiro atoms. The Labute approximate surface area is 230 Å². The highest BCUT2D eigenvalue weighted by Gasteiger charge is 2.17. The summed E-state index contributed by atoms with van der Waals surface area (Å²) >= 11 is 3.48. The van der Waals surface area contributed by atoms with Crippen molar-refractivity contribution in [3.63, 3.8) is 0 Å². The molecule has 0 bridgehead atoms. The summed E-state index contributed by atoms with van der Waals surface area (Å²) in [5, 5.41) is 5.74. The molecule has 6 rings (SSSR count). The van der Waals surface area contributed by atoms with Crippen LogP contribution in [0.4, 0.5) is 0 Å². The molecule has 0 saturated carbocycles. The van der Waals surface area contributed by atoms with Crippen LogP contribution in [0.2, 0.25) is 0 Å². The molecule has 3 aromatic heterocycles. The van der Waals surface area contributed by atoms with Gasteiger partial charge >= 0.3 is 5.97 Å². The number of furan rings is 2. The van der Waals surface area contributed by atoms with Gasteiger partial charge in [0.15, 0.2) is 5.76 Å². The topological polar surface area (TPSA) is 99.8 Å². The van der Waals surface area contributed by atoms with E-state index in [1.54, 1.807) is 61.5 Å². The second kappa shape index (κ2) is 10.2. The molecule has 0 saturated heterocycles. The molecule has 9 heteroatoms. The van der Waals surface area contributed by atoms with Crippen LogP contribution < -0.4 is 5.56 Å². The van der Waals surface area contributed by atoms with E-state index in [1.165, 1.54) is 10.9 Å². The predicted molar refractivity (Wildman–Crippen MR) is 152 cm³/mol. The summed E-state index contributed by atoms with van der Waals surface area (Å²) in [5.74, 6) is 1.31. The Morgan fingerprint density at radius 2 is 1.82 bits per heavy atom. The highest BCUT2D eigenvalue weighted by molar-refractivity contribution is 9.10. The van der Waals surface area contributed by atoms with E-state index in [0.717, 1.165) is 15.4 Å². The van der Waals surface area contributed by atoms with E-state index in [2.05, 4.69) is 21.0 Å². The van der Waals surface area contributed by atoms with Gasteiger partial charge in [0.2, 0.25) is 5.82 Å². The van der Waals surface area contributed by atoms with Crippen LogP contribution >= 0.6 is 15.9 Å². The molecule has 0 fully saturated rings. The van der Waals surface area contributed by atoms with Gasteiger partial charge in [-0.2, -0.15) is 9.78 Å². The maximum Gasteiger partial charge on any atom is 0.338 e. The Hall–Kier alpha value is -4.76. The number of rotatable bonds is 6. The standard InChI is InChI=1S/C30H20BrN3O5/c1-2-37-30(36)19-9-7-18(8-10-19)25-14-12-22(38-25)17-32-34-28(33-24-6-4-3-5-23(24)29(34)35)27-16-20-15-21(31)11-13-26(20)39-27/h3-17H,2H2,1H3. The van der Waals surface area contributed by atoms with Crippen LogP contribution in [0.15, 0.2) is 108 Å². The first kappa shape index (κ1) is 24.6. The van der Waals surface area contributed by atoms with Crippen molar-refractivity contribution >= 4 is 50.0 Å². The molecule has 39 heavy (non-hydrogen) atoms. The van der Waals surface area contributed by atoms with Crippen LogP contribution in [0, 0.1) is 0 Å². The number of aromatic nitrogens is 2. The smallest absolute Gasteiger partial charge is 0.338 e. The third kappa shape index (κ3) is 4.80. The molecule has 0 aliphatic heterocycles. The van der Waals surface area contributed by atoms with E-state index in [4.69, 9.17) is 18.6 Å². The monoisotopic (exact) mass is 581 g/mol. The summed E-state index contributed by atoms with van der Waals surface area (Å²) in [5.41, 5.74) is 2.10. The third-order valence-electron chi connectivity index (χ3n) is 6.06.